The summed E-state index contributed by atoms with van der Waals surface area (Å²) in [5.74, 6) is 1.39. The van der Waals surface area contributed by atoms with Crippen molar-refractivity contribution in [2.75, 3.05) is 33.3 Å². The molecule has 0 saturated carbocycles. The second-order valence-electron chi connectivity index (χ2n) is 7.57. The average Bonchev–Trinajstić information content (AvgIpc) is 2.62. The SMILES string of the molecule is COc1cc(C(=O)N2CCC3(CCNCC3)CC2)ccc1OC(C)C. The second kappa shape index (κ2) is 7.65. The van der Waals surface area contributed by atoms with E-state index in [4.69, 9.17) is 9.47 Å². The molecule has 5 nitrogen and oxygen atoms in total. The fourth-order valence-corrected chi connectivity index (χ4v) is 3.98. The van der Waals surface area contributed by atoms with Gasteiger partial charge in [0.15, 0.2) is 11.5 Å². The number of methoxy groups -OCH3 is 1. The molecule has 1 aromatic rings. The molecule has 0 aromatic heterocycles. The van der Waals surface area contributed by atoms with E-state index in [1.54, 1.807) is 13.2 Å². The smallest absolute Gasteiger partial charge is 0.253 e. The number of ether oxygens (including phenoxy) is 2. The normalized spacial score (nSPS) is 19.9. The van der Waals surface area contributed by atoms with Gasteiger partial charge in [0, 0.05) is 18.7 Å². The van der Waals surface area contributed by atoms with E-state index in [-0.39, 0.29) is 12.0 Å². The molecule has 0 bridgehead atoms. The van der Waals surface area contributed by atoms with Crippen molar-refractivity contribution in [3.63, 3.8) is 0 Å². The number of piperidine rings is 2. The Bertz CT molecular complexity index is 599. The van der Waals surface area contributed by atoms with Crippen LogP contribution in [0, 0.1) is 5.41 Å². The van der Waals surface area contributed by atoms with Gasteiger partial charge >= 0.3 is 0 Å². The van der Waals surface area contributed by atoms with Crippen molar-refractivity contribution in [2.24, 2.45) is 5.41 Å². The third-order valence-corrected chi connectivity index (χ3v) is 5.55. The van der Waals surface area contributed by atoms with Crippen LogP contribution in [0.2, 0.25) is 0 Å². The largest absolute Gasteiger partial charge is 0.493 e. The quantitative estimate of drug-likeness (QED) is 0.910. The molecule has 3 rings (SSSR count). The highest BCUT2D eigenvalue weighted by Gasteiger charge is 2.36. The number of carbonyl (C=O) groups is 1. The molecular weight excluding hydrogens is 316 g/mol. The van der Waals surface area contributed by atoms with Crippen LogP contribution in [0.15, 0.2) is 18.2 Å². The lowest BCUT2D eigenvalue weighted by Crippen LogP contribution is -2.47. The van der Waals surface area contributed by atoms with Gasteiger partial charge in [-0.05, 0) is 76.2 Å². The number of nitrogens with zero attached hydrogens (tertiary/aromatic N) is 1. The molecule has 0 unspecified atom stereocenters. The Labute approximate surface area is 150 Å². The van der Waals surface area contributed by atoms with Gasteiger partial charge in [0.05, 0.1) is 13.2 Å². The minimum Gasteiger partial charge on any atom is -0.493 e. The highest BCUT2D eigenvalue weighted by atomic mass is 16.5. The first-order chi connectivity index (χ1) is 12.0. The Kier molecular flexibility index (Phi) is 5.52. The predicted molar refractivity (Wildman–Crippen MR) is 98.4 cm³/mol. The van der Waals surface area contributed by atoms with Gasteiger partial charge in [-0.3, -0.25) is 4.79 Å². The first-order valence-corrected chi connectivity index (χ1v) is 9.38. The number of hydrogen-bond donors (Lipinski definition) is 1. The molecular formula is C20H30N2O3. The molecule has 1 spiro atoms. The van der Waals surface area contributed by atoms with E-state index in [0.29, 0.717) is 22.5 Å². The maximum Gasteiger partial charge on any atom is 0.253 e. The van der Waals surface area contributed by atoms with E-state index >= 15 is 0 Å². The van der Waals surface area contributed by atoms with E-state index < -0.39 is 0 Å². The average molecular weight is 346 g/mol. The predicted octanol–water partition coefficient (Wildman–Crippen LogP) is 3.09. The molecule has 2 heterocycles. The molecule has 2 saturated heterocycles. The van der Waals surface area contributed by atoms with Crippen molar-refractivity contribution in [1.82, 2.24) is 10.2 Å². The van der Waals surface area contributed by atoms with E-state index in [1.807, 2.05) is 30.9 Å². The standard InChI is InChI=1S/C20H30N2O3/c1-15(2)25-17-5-4-16(14-18(17)24-3)19(23)22-12-8-20(9-13-22)6-10-21-11-7-20/h4-5,14-15,21H,6-13H2,1-3H3. The highest BCUT2D eigenvalue weighted by Crippen LogP contribution is 2.40. The van der Waals surface area contributed by atoms with Crippen molar-refractivity contribution in [1.29, 1.82) is 0 Å². The van der Waals surface area contributed by atoms with Crippen LogP contribution in [0.3, 0.4) is 0 Å². The number of hydrogen-bond acceptors (Lipinski definition) is 4. The van der Waals surface area contributed by atoms with Gasteiger partial charge in [-0.2, -0.15) is 0 Å². The molecule has 1 N–H and O–H groups in total. The summed E-state index contributed by atoms with van der Waals surface area (Å²) in [6, 6.07) is 5.48. The van der Waals surface area contributed by atoms with Crippen LogP contribution in [0.25, 0.3) is 0 Å². The fraction of sp³-hybridized carbons (Fsp3) is 0.650. The minimum absolute atomic E-state index is 0.0683. The molecule has 2 aliphatic rings. The number of carbonyl (C=O) groups excluding carboxylic acids is 1. The monoisotopic (exact) mass is 346 g/mol. The molecule has 1 aromatic carbocycles. The van der Waals surface area contributed by atoms with Gasteiger partial charge in [-0.25, -0.2) is 0 Å². The van der Waals surface area contributed by atoms with Crippen LogP contribution >= 0.6 is 0 Å². The first kappa shape index (κ1) is 18.1. The maximum atomic E-state index is 12.9. The number of nitrogens with one attached hydrogen (secondary N) is 1. The van der Waals surface area contributed by atoms with Gasteiger partial charge in [-0.1, -0.05) is 0 Å². The van der Waals surface area contributed by atoms with Gasteiger partial charge in [0.1, 0.15) is 0 Å². The number of rotatable bonds is 4. The van der Waals surface area contributed by atoms with Gasteiger partial charge in [0.25, 0.3) is 5.91 Å². The first-order valence-electron chi connectivity index (χ1n) is 9.38. The summed E-state index contributed by atoms with van der Waals surface area (Å²) in [5, 5.41) is 3.44. The van der Waals surface area contributed by atoms with E-state index in [2.05, 4.69) is 5.32 Å². The van der Waals surface area contributed by atoms with Crippen molar-refractivity contribution in [2.45, 2.75) is 45.6 Å². The lowest BCUT2D eigenvalue weighted by molar-refractivity contribution is 0.0495. The Hall–Kier alpha value is -1.75. The van der Waals surface area contributed by atoms with E-state index in [9.17, 15) is 4.79 Å². The van der Waals surface area contributed by atoms with E-state index in [0.717, 1.165) is 39.0 Å². The molecule has 0 atom stereocenters. The third-order valence-electron chi connectivity index (χ3n) is 5.55. The zero-order valence-corrected chi connectivity index (χ0v) is 15.6. The van der Waals surface area contributed by atoms with Crippen molar-refractivity contribution < 1.29 is 14.3 Å². The lowest BCUT2D eigenvalue weighted by Gasteiger charge is -2.44. The molecule has 25 heavy (non-hydrogen) atoms. The summed E-state index contributed by atoms with van der Waals surface area (Å²) in [5.41, 5.74) is 1.13. The van der Waals surface area contributed by atoms with Crippen LogP contribution in [0.5, 0.6) is 11.5 Å². The van der Waals surface area contributed by atoms with Crippen LogP contribution in [0.1, 0.15) is 49.9 Å². The molecule has 2 aliphatic heterocycles. The fourth-order valence-electron chi connectivity index (χ4n) is 3.98. The van der Waals surface area contributed by atoms with E-state index in [1.165, 1.54) is 12.8 Å². The summed E-state index contributed by atoms with van der Waals surface area (Å²) in [7, 11) is 1.61. The summed E-state index contributed by atoms with van der Waals surface area (Å²) >= 11 is 0. The summed E-state index contributed by atoms with van der Waals surface area (Å²) < 4.78 is 11.1. The van der Waals surface area contributed by atoms with Crippen molar-refractivity contribution >= 4 is 5.91 Å². The highest BCUT2D eigenvalue weighted by molar-refractivity contribution is 5.95. The third kappa shape index (κ3) is 4.09. The second-order valence-corrected chi connectivity index (χ2v) is 7.57. The van der Waals surface area contributed by atoms with Gasteiger partial charge in [0.2, 0.25) is 0 Å². The molecule has 2 fully saturated rings. The number of amides is 1. The summed E-state index contributed by atoms with van der Waals surface area (Å²) in [6.45, 7) is 7.88. The topological polar surface area (TPSA) is 50.8 Å². The maximum absolute atomic E-state index is 12.9. The van der Waals surface area contributed by atoms with Gasteiger partial charge < -0.3 is 19.7 Å². The Morgan fingerprint density at radius 2 is 1.80 bits per heavy atom. The zero-order valence-electron chi connectivity index (χ0n) is 15.6. The molecule has 138 valence electrons. The molecule has 5 heteroatoms. The number of benzene rings is 1. The van der Waals surface area contributed by atoms with Crippen LogP contribution < -0.4 is 14.8 Å². The Morgan fingerprint density at radius 1 is 1.12 bits per heavy atom. The Balaban J connectivity index is 1.67. The molecule has 0 radical (unpaired) electrons. The van der Waals surface area contributed by atoms with Gasteiger partial charge in [-0.15, -0.1) is 0 Å². The Morgan fingerprint density at radius 3 is 2.40 bits per heavy atom. The summed E-state index contributed by atoms with van der Waals surface area (Å²) in [6.07, 6.45) is 4.78. The van der Waals surface area contributed by atoms with Crippen LogP contribution in [-0.2, 0) is 0 Å². The zero-order chi connectivity index (χ0) is 17.9. The molecule has 1 amide bonds. The number of likely N-dealkylation sites (tertiary alicyclic amines) is 1. The minimum atomic E-state index is 0.0683. The van der Waals surface area contributed by atoms with Crippen LogP contribution in [-0.4, -0.2) is 50.2 Å². The summed E-state index contributed by atoms with van der Waals surface area (Å²) in [4.78, 5) is 14.9. The van der Waals surface area contributed by atoms with Crippen molar-refractivity contribution in [3.05, 3.63) is 23.8 Å². The molecule has 0 aliphatic carbocycles. The van der Waals surface area contributed by atoms with Crippen LogP contribution in [0.4, 0.5) is 0 Å². The van der Waals surface area contributed by atoms with Crippen molar-refractivity contribution in [3.8, 4) is 11.5 Å². The lowest BCUT2D eigenvalue weighted by atomic mass is 9.71.